The number of hydrogen-bond donors (Lipinski definition) is 1. The molecule has 0 saturated carbocycles. The Balaban J connectivity index is 1.75. The maximum absolute atomic E-state index is 8.92. The fourth-order valence-electron chi connectivity index (χ4n) is 1.89. The molecule has 0 aliphatic carbocycles. The first-order valence-electron chi connectivity index (χ1n) is 6.45. The second-order valence-corrected chi connectivity index (χ2v) is 4.34. The Kier molecular flexibility index (Phi) is 5.09. The number of hydrogen-bond acceptors (Lipinski definition) is 5. The molecular formula is C14H17N5O. The Morgan fingerprint density at radius 3 is 3.05 bits per heavy atom. The molecule has 2 rings (SSSR count). The summed E-state index contributed by atoms with van der Waals surface area (Å²) in [4.78, 5) is 0. The number of nitriles is 1. The van der Waals surface area contributed by atoms with E-state index in [2.05, 4.69) is 21.7 Å². The number of rotatable bonds is 7. The van der Waals surface area contributed by atoms with Crippen LogP contribution in [0.15, 0.2) is 30.6 Å². The normalized spacial score (nSPS) is 10.2. The largest absolute Gasteiger partial charge is 0.495 e. The van der Waals surface area contributed by atoms with Crippen molar-refractivity contribution >= 4 is 0 Å². The van der Waals surface area contributed by atoms with Crippen LogP contribution in [-0.4, -0.2) is 28.6 Å². The third kappa shape index (κ3) is 3.80. The van der Waals surface area contributed by atoms with Crippen LogP contribution < -0.4 is 10.1 Å². The third-order valence-corrected chi connectivity index (χ3v) is 2.93. The van der Waals surface area contributed by atoms with E-state index in [0.29, 0.717) is 11.3 Å². The Morgan fingerprint density at radius 1 is 1.45 bits per heavy atom. The topological polar surface area (TPSA) is 75.8 Å². The van der Waals surface area contributed by atoms with Gasteiger partial charge >= 0.3 is 0 Å². The van der Waals surface area contributed by atoms with Gasteiger partial charge in [-0.1, -0.05) is 11.3 Å². The molecule has 0 aliphatic rings. The average Bonchev–Trinajstić information content (AvgIpc) is 3.00. The summed E-state index contributed by atoms with van der Waals surface area (Å²) in [6.45, 7) is 2.49. The van der Waals surface area contributed by atoms with Gasteiger partial charge in [-0.3, -0.25) is 4.68 Å². The summed E-state index contributed by atoms with van der Waals surface area (Å²) < 4.78 is 7.00. The molecule has 20 heavy (non-hydrogen) atoms. The highest BCUT2D eigenvalue weighted by atomic mass is 16.5. The number of nitrogens with one attached hydrogen (secondary N) is 1. The summed E-state index contributed by atoms with van der Waals surface area (Å²) >= 11 is 0. The molecule has 1 aromatic heterocycles. The van der Waals surface area contributed by atoms with E-state index in [0.717, 1.165) is 31.6 Å². The molecule has 0 spiro atoms. The van der Waals surface area contributed by atoms with Gasteiger partial charge in [0.05, 0.1) is 18.9 Å². The highest BCUT2D eigenvalue weighted by Gasteiger charge is 2.03. The van der Waals surface area contributed by atoms with Crippen molar-refractivity contribution in [2.75, 3.05) is 13.7 Å². The smallest absolute Gasteiger partial charge is 0.136 e. The minimum Gasteiger partial charge on any atom is -0.495 e. The van der Waals surface area contributed by atoms with Gasteiger partial charge in [0.25, 0.3) is 0 Å². The summed E-state index contributed by atoms with van der Waals surface area (Å²) in [6, 6.07) is 7.72. The quantitative estimate of drug-likeness (QED) is 0.769. The molecule has 0 aliphatic heterocycles. The standard InChI is InChI=1S/C14H17N5O/c1-20-14-9-12(3-4-13(14)10-15)11-16-5-2-7-19-8-6-17-18-19/h3-4,6,8-9,16H,2,5,7,11H2,1H3. The monoisotopic (exact) mass is 271 g/mol. The van der Waals surface area contributed by atoms with E-state index < -0.39 is 0 Å². The maximum Gasteiger partial charge on any atom is 0.136 e. The Hall–Kier alpha value is -2.39. The molecule has 2 aromatic rings. The molecule has 104 valence electrons. The molecule has 0 saturated heterocycles. The van der Waals surface area contributed by atoms with Gasteiger partial charge in [0.1, 0.15) is 11.8 Å². The lowest BCUT2D eigenvalue weighted by Gasteiger charge is -2.08. The first-order valence-corrected chi connectivity index (χ1v) is 6.45. The predicted octanol–water partition coefficient (Wildman–Crippen LogP) is 1.34. The molecule has 6 nitrogen and oxygen atoms in total. The number of benzene rings is 1. The van der Waals surface area contributed by atoms with Gasteiger partial charge in [0, 0.05) is 19.3 Å². The van der Waals surface area contributed by atoms with Crippen LogP contribution in [0.5, 0.6) is 5.75 Å². The molecule has 0 fully saturated rings. The summed E-state index contributed by atoms with van der Waals surface area (Å²) in [6.07, 6.45) is 4.51. The van der Waals surface area contributed by atoms with Crippen LogP contribution in [0, 0.1) is 11.3 Å². The number of aromatic nitrogens is 3. The summed E-state index contributed by atoms with van der Waals surface area (Å²) in [7, 11) is 1.57. The SMILES string of the molecule is COc1cc(CNCCCn2ccnn2)ccc1C#N. The molecule has 0 radical (unpaired) electrons. The number of aryl methyl sites for hydroxylation is 1. The second kappa shape index (κ2) is 7.26. The number of methoxy groups -OCH3 is 1. The van der Waals surface area contributed by atoms with Gasteiger partial charge in [-0.15, -0.1) is 5.10 Å². The summed E-state index contributed by atoms with van der Waals surface area (Å²) in [5, 5.41) is 19.9. The predicted molar refractivity (Wildman–Crippen MR) is 74.1 cm³/mol. The van der Waals surface area contributed by atoms with Crippen molar-refractivity contribution in [1.29, 1.82) is 5.26 Å². The zero-order valence-electron chi connectivity index (χ0n) is 11.4. The molecule has 0 amide bonds. The lowest BCUT2D eigenvalue weighted by Crippen LogP contribution is -2.16. The second-order valence-electron chi connectivity index (χ2n) is 4.34. The zero-order valence-corrected chi connectivity index (χ0v) is 11.4. The minimum absolute atomic E-state index is 0.558. The maximum atomic E-state index is 8.92. The van der Waals surface area contributed by atoms with Crippen LogP contribution >= 0.6 is 0 Å². The van der Waals surface area contributed by atoms with E-state index in [1.165, 1.54) is 0 Å². The van der Waals surface area contributed by atoms with Crippen LogP contribution in [0.2, 0.25) is 0 Å². The zero-order chi connectivity index (χ0) is 14.2. The van der Waals surface area contributed by atoms with Crippen molar-refractivity contribution in [3.8, 4) is 11.8 Å². The molecule has 0 bridgehead atoms. The Morgan fingerprint density at radius 2 is 2.35 bits per heavy atom. The summed E-state index contributed by atoms with van der Waals surface area (Å²) in [5.74, 6) is 0.620. The highest BCUT2D eigenvalue weighted by molar-refractivity contribution is 5.45. The van der Waals surface area contributed by atoms with E-state index >= 15 is 0 Å². The van der Waals surface area contributed by atoms with E-state index in [-0.39, 0.29) is 0 Å². The van der Waals surface area contributed by atoms with Crippen molar-refractivity contribution < 1.29 is 4.74 Å². The van der Waals surface area contributed by atoms with Crippen LogP contribution in [0.1, 0.15) is 17.5 Å². The van der Waals surface area contributed by atoms with E-state index in [1.54, 1.807) is 19.4 Å². The fourth-order valence-corrected chi connectivity index (χ4v) is 1.89. The summed E-state index contributed by atoms with van der Waals surface area (Å²) in [5.41, 5.74) is 1.66. The van der Waals surface area contributed by atoms with Gasteiger partial charge in [-0.2, -0.15) is 5.26 Å². The van der Waals surface area contributed by atoms with E-state index in [4.69, 9.17) is 10.00 Å². The van der Waals surface area contributed by atoms with Gasteiger partial charge in [0.15, 0.2) is 0 Å². The number of nitrogens with zero attached hydrogens (tertiary/aromatic N) is 4. The fraction of sp³-hybridized carbons (Fsp3) is 0.357. The van der Waals surface area contributed by atoms with E-state index in [9.17, 15) is 0 Å². The Labute approximate surface area is 118 Å². The van der Waals surface area contributed by atoms with Gasteiger partial charge < -0.3 is 10.1 Å². The van der Waals surface area contributed by atoms with E-state index in [1.807, 2.05) is 23.0 Å². The molecule has 0 unspecified atom stereocenters. The third-order valence-electron chi connectivity index (χ3n) is 2.93. The first-order chi connectivity index (χ1) is 9.83. The van der Waals surface area contributed by atoms with Crippen LogP contribution in [0.25, 0.3) is 0 Å². The molecule has 0 atom stereocenters. The van der Waals surface area contributed by atoms with Crippen LogP contribution in [-0.2, 0) is 13.1 Å². The highest BCUT2D eigenvalue weighted by Crippen LogP contribution is 2.18. The minimum atomic E-state index is 0.558. The molecular weight excluding hydrogens is 254 g/mol. The number of ether oxygens (including phenoxy) is 1. The van der Waals surface area contributed by atoms with Crippen molar-refractivity contribution in [3.05, 3.63) is 41.7 Å². The van der Waals surface area contributed by atoms with Crippen molar-refractivity contribution in [3.63, 3.8) is 0 Å². The van der Waals surface area contributed by atoms with Crippen molar-refractivity contribution in [2.24, 2.45) is 0 Å². The molecule has 1 N–H and O–H groups in total. The lowest BCUT2D eigenvalue weighted by atomic mass is 10.1. The van der Waals surface area contributed by atoms with Crippen molar-refractivity contribution in [1.82, 2.24) is 20.3 Å². The molecule has 6 heteroatoms. The van der Waals surface area contributed by atoms with Crippen molar-refractivity contribution in [2.45, 2.75) is 19.5 Å². The van der Waals surface area contributed by atoms with Crippen LogP contribution in [0.3, 0.4) is 0 Å². The van der Waals surface area contributed by atoms with Gasteiger partial charge in [0.2, 0.25) is 0 Å². The van der Waals surface area contributed by atoms with Crippen LogP contribution in [0.4, 0.5) is 0 Å². The Bertz CT molecular complexity index is 574. The molecule has 1 aromatic carbocycles. The molecule has 1 heterocycles. The first kappa shape index (κ1) is 14.0. The lowest BCUT2D eigenvalue weighted by molar-refractivity contribution is 0.412. The van der Waals surface area contributed by atoms with Gasteiger partial charge in [-0.25, -0.2) is 0 Å². The average molecular weight is 271 g/mol. The van der Waals surface area contributed by atoms with Gasteiger partial charge in [-0.05, 0) is 30.7 Å².